The van der Waals surface area contributed by atoms with E-state index < -0.39 is 6.09 Å². The number of hydrogen-bond acceptors (Lipinski definition) is 7. The van der Waals surface area contributed by atoms with Crippen LogP contribution >= 0.6 is 11.6 Å². The Morgan fingerprint density at radius 2 is 1.90 bits per heavy atom. The summed E-state index contributed by atoms with van der Waals surface area (Å²) in [6.07, 6.45) is 7.45. The molecule has 0 aliphatic heterocycles. The van der Waals surface area contributed by atoms with Crippen LogP contribution in [0.2, 0.25) is 5.02 Å². The molecular weight excluding hydrogens is 528 g/mol. The fraction of sp³-hybridized carbons (Fsp3) is 0.300. The first-order valence-electron chi connectivity index (χ1n) is 13.2. The van der Waals surface area contributed by atoms with Crippen LogP contribution in [0.15, 0.2) is 48.8 Å². The molecule has 0 bridgehead atoms. The molecule has 200 valence electrons. The number of amides is 1. The van der Waals surface area contributed by atoms with Crippen molar-refractivity contribution < 1.29 is 14.3 Å². The fourth-order valence-corrected chi connectivity index (χ4v) is 5.38. The predicted molar refractivity (Wildman–Crippen MR) is 149 cm³/mol. The van der Waals surface area contributed by atoms with Crippen LogP contribution in [0.4, 0.5) is 10.5 Å². The first-order chi connectivity index (χ1) is 19.5. The van der Waals surface area contributed by atoms with Gasteiger partial charge in [-0.2, -0.15) is 10.5 Å². The second-order valence-corrected chi connectivity index (χ2v) is 10.6. The summed E-state index contributed by atoms with van der Waals surface area (Å²) in [5, 5.41) is 23.6. The monoisotopic (exact) mass is 552 g/mol. The van der Waals surface area contributed by atoms with Crippen LogP contribution < -0.4 is 10.1 Å². The van der Waals surface area contributed by atoms with Crippen molar-refractivity contribution in [3.8, 4) is 35.0 Å². The number of nitrogens with zero attached hydrogens (tertiary/aromatic N) is 5. The molecule has 2 aromatic carbocycles. The smallest absolute Gasteiger partial charge is 0.411 e. The van der Waals surface area contributed by atoms with Gasteiger partial charge < -0.3 is 14.0 Å². The van der Waals surface area contributed by atoms with Gasteiger partial charge in [-0.25, -0.2) is 14.8 Å². The van der Waals surface area contributed by atoms with Gasteiger partial charge in [0.15, 0.2) is 0 Å². The summed E-state index contributed by atoms with van der Waals surface area (Å²) in [7, 11) is 0. The molecule has 0 unspecified atom stereocenters. The Morgan fingerprint density at radius 3 is 2.58 bits per heavy atom. The molecule has 0 saturated heterocycles. The summed E-state index contributed by atoms with van der Waals surface area (Å²) in [6.45, 7) is 1.90. The van der Waals surface area contributed by atoms with E-state index in [1.165, 1.54) is 12.4 Å². The van der Waals surface area contributed by atoms with Crippen molar-refractivity contribution in [1.82, 2.24) is 14.5 Å². The number of nitriles is 2. The maximum atomic E-state index is 12.4. The van der Waals surface area contributed by atoms with Gasteiger partial charge >= 0.3 is 6.09 Å². The number of benzene rings is 2. The standard InChI is InChI=1S/C30H25ClN6O3/c1-17(18-5-6-18)39-30(38)36-19-7-9-23(25(31)13-19)28-24(15-32)22-10-8-21(14-27(22)37(28)20-3-2-4-20)40-29-26(16-33)34-11-12-35-29/h7-14,17-18,20H,2-6H2,1H3,(H,36,38)/t17-/m1/s1. The molecule has 0 radical (unpaired) electrons. The fourth-order valence-electron chi connectivity index (χ4n) is 5.11. The van der Waals surface area contributed by atoms with Gasteiger partial charge in [0, 0.05) is 41.1 Å². The third kappa shape index (κ3) is 4.81. The molecule has 40 heavy (non-hydrogen) atoms. The van der Waals surface area contributed by atoms with Crippen molar-refractivity contribution >= 4 is 34.3 Å². The zero-order chi connectivity index (χ0) is 27.8. The van der Waals surface area contributed by atoms with Gasteiger partial charge in [0.05, 0.1) is 21.8 Å². The highest BCUT2D eigenvalue weighted by Crippen LogP contribution is 2.45. The first kappa shape index (κ1) is 25.7. The predicted octanol–water partition coefficient (Wildman–Crippen LogP) is 7.36. The van der Waals surface area contributed by atoms with Gasteiger partial charge in [-0.05, 0) is 75.3 Å². The van der Waals surface area contributed by atoms with Crippen LogP contribution in [-0.4, -0.2) is 26.7 Å². The number of anilines is 1. The summed E-state index contributed by atoms with van der Waals surface area (Å²) >= 11 is 6.79. The van der Waals surface area contributed by atoms with E-state index in [1.54, 1.807) is 18.2 Å². The van der Waals surface area contributed by atoms with E-state index in [0.29, 0.717) is 33.5 Å². The molecule has 1 amide bonds. The highest BCUT2D eigenvalue weighted by Gasteiger charge is 2.31. The van der Waals surface area contributed by atoms with Crippen molar-refractivity contribution in [3.05, 3.63) is 65.1 Å². The number of carbonyl (C=O) groups is 1. The van der Waals surface area contributed by atoms with Gasteiger partial charge in [-0.15, -0.1) is 0 Å². The Balaban J connectivity index is 1.38. The van der Waals surface area contributed by atoms with Gasteiger partial charge in [0.25, 0.3) is 5.88 Å². The minimum Gasteiger partial charge on any atom is -0.446 e. The second kappa shape index (κ2) is 10.5. The van der Waals surface area contributed by atoms with Crippen molar-refractivity contribution in [2.45, 2.75) is 51.2 Å². The largest absolute Gasteiger partial charge is 0.446 e. The molecule has 2 aliphatic rings. The summed E-state index contributed by atoms with van der Waals surface area (Å²) < 4.78 is 13.6. The molecule has 2 aliphatic carbocycles. The third-order valence-corrected chi connectivity index (χ3v) is 7.87. The minimum absolute atomic E-state index is 0.0849. The lowest BCUT2D eigenvalue weighted by molar-refractivity contribution is 0.108. The van der Waals surface area contributed by atoms with Gasteiger partial charge in [0.2, 0.25) is 5.69 Å². The molecule has 2 aromatic heterocycles. The summed E-state index contributed by atoms with van der Waals surface area (Å²) in [6, 6.07) is 15.3. The van der Waals surface area contributed by atoms with E-state index in [9.17, 15) is 15.3 Å². The second-order valence-electron chi connectivity index (χ2n) is 10.2. The molecular formula is C30H25ClN6O3. The zero-order valence-corrected chi connectivity index (χ0v) is 22.5. The number of ether oxygens (including phenoxy) is 2. The van der Waals surface area contributed by atoms with E-state index in [0.717, 1.165) is 48.7 Å². The Bertz CT molecular complexity index is 1710. The van der Waals surface area contributed by atoms with Crippen LogP contribution in [0.1, 0.15) is 56.3 Å². The third-order valence-electron chi connectivity index (χ3n) is 7.56. The molecule has 1 N–H and O–H groups in total. The van der Waals surface area contributed by atoms with E-state index in [2.05, 4.69) is 25.9 Å². The lowest BCUT2D eigenvalue weighted by Gasteiger charge is -2.30. The summed E-state index contributed by atoms with van der Waals surface area (Å²) in [4.78, 5) is 20.5. The lowest BCUT2D eigenvalue weighted by Crippen LogP contribution is -2.21. The molecule has 2 saturated carbocycles. The van der Waals surface area contributed by atoms with Crippen LogP contribution in [-0.2, 0) is 4.74 Å². The van der Waals surface area contributed by atoms with Crippen LogP contribution in [0.5, 0.6) is 11.6 Å². The highest BCUT2D eigenvalue weighted by molar-refractivity contribution is 6.33. The maximum Gasteiger partial charge on any atom is 0.411 e. The Hall–Kier alpha value is -4.60. The molecule has 1 atom stereocenters. The number of halogens is 1. The van der Waals surface area contributed by atoms with Crippen molar-refractivity contribution in [2.75, 3.05) is 5.32 Å². The topological polar surface area (TPSA) is 126 Å². The number of fused-ring (bicyclic) bond motifs is 1. The number of aromatic nitrogens is 3. The van der Waals surface area contributed by atoms with E-state index in [1.807, 2.05) is 31.2 Å². The van der Waals surface area contributed by atoms with Crippen LogP contribution in [0.25, 0.3) is 22.2 Å². The minimum atomic E-state index is -0.514. The molecule has 6 rings (SSSR count). The van der Waals surface area contributed by atoms with Crippen molar-refractivity contribution in [2.24, 2.45) is 5.92 Å². The lowest BCUT2D eigenvalue weighted by atomic mass is 9.92. The quantitative estimate of drug-likeness (QED) is 0.254. The Kier molecular flexibility index (Phi) is 6.75. The van der Waals surface area contributed by atoms with E-state index in [4.69, 9.17) is 21.1 Å². The average molecular weight is 553 g/mol. The number of rotatable bonds is 7. The molecule has 2 heterocycles. The highest BCUT2D eigenvalue weighted by atomic mass is 35.5. The number of nitrogens with one attached hydrogen (secondary N) is 1. The Labute approximate surface area is 235 Å². The number of carbonyl (C=O) groups excluding carboxylic acids is 1. The van der Waals surface area contributed by atoms with Gasteiger partial charge in [-0.3, -0.25) is 5.32 Å². The molecule has 2 fully saturated rings. The summed E-state index contributed by atoms with van der Waals surface area (Å²) in [5.41, 5.74) is 3.34. The molecule has 9 nitrogen and oxygen atoms in total. The van der Waals surface area contributed by atoms with Crippen LogP contribution in [0, 0.1) is 28.6 Å². The normalized spacial score (nSPS) is 15.5. The molecule has 10 heteroatoms. The van der Waals surface area contributed by atoms with Gasteiger partial charge in [0.1, 0.15) is 24.0 Å². The molecule has 0 spiro atoms. The van der Waals surface area contributed by atoms with E-state index in [-0.39, 0.29) is 23.7 Å². The van der Waals surface area contributed by atoms with Crippen molar-refractivity contribution in [3.63, 3.8) is 0 Å². The Morgan fingerprint density at radius 1 is 1.10 bits per heavy atom. The number of hydrogen-bond donors (Lipinski definition) is 1. The average Bonchev–Trinajstić information content (AvgIpc) is 3.72. The van der Waals surface area contributed by atoms with Crippen molar-refractivity contribution in [1.29, 1.82) is 10.5 Å². The zero-order valence-electron chi connectivity index (χ0n) is 21.7. The maximum absolute atomic E-state index is 12.4. The SMILES string of the molecule is C[C@@H](OC(=O)Nc1ccc(-c2c(C#N)c3ccc(Oc4nccnc4C#N)cc3n2C2CCC2)c(Cl)c1)C1CC1. The van der Waals surface area contributed by atoms with Crippen LogP contribution in [0.3, 0.4) is 0 Å². The molecule has 4 aromatic rings. The van der Waals surface area contributed by atoms with E-state index >= 15 is 0 Å². The van der Waals surface area contributed by atoms with Gasteiger partial charge in [-0.1, -0.05) is 11.6 Å². The first-order valence-corrected chi connectivity index (χ1v) is 13.6. The summed E-state index contributed by atoms with van der Waals surface area (Å²) in [5.74, 6) is 1.03.